The third-order valence-corrected chi connectivity index (χ3v) is 5.83. The molecular weight excluding hydrogens is 444 g/mol. The van der Waals surface area contributed by atoms with Crippen LogP contribution in [0.2, 0.25) is 5.02 Å². The summed E-state index contributed by atoms with van der Waals surface area (Å²) in [7, 11) is 0. The van der Waals surface area contributed by atoms with Crippen molar-refractivity contribution in [1.82, 2.24) is 9.55 Å². The third kappa shape index (κ3) is 4.30. The quantitative estimate of drug-likeness (QED) is 0.303. The number of anilines is 1. The molecule has 0 unspecified atom stereocenters. The summed E-state index contributed by atoms with van der Waals surface area (Å²) in [5.41, 5.74) is 4.31. The maximum atomic E-state index is 12.9. The van der Waals surface area contributed by atoms with E-state index < -0.39 is 4.92 Å². The maximum Gasteiger partial charge on any atom is 0.281 e. The van der Waals surface area contributed by atoms with E-state index in [1.807, 2.05) is 32.0 Å². The van der Waals surface area contributed by atoms with E-state index in [1.54, 1.807) is 28.8 Å². The number of nitrogens with one attached hydrogen (secondary N) is 1. The first kappa shape index (κ1) is 22.4. The van der Waals surface area contributed by atoms with Gasteiger partial charge in [-0.1, -0.05) is 23.7 Å². The van der Waals surface area contributed by atoms with Crippen molar-refractivity contribution in [2.24, 2.45) is 0 Å². The molecule has 0 saturated carbocycles. The molecule has 1 aromatic heterocycles. The minimum Gasteiger partial charge on any atom is -0.395 e. The van der Waals surface area contributed by atoms with E-state index in [4.69, 9.17) is 11.6 Å². The molecule has 1 heterocycles. The first-order valence-corrected chi connectivity index (χ1v) is 10.6. The van der Waals surface area contributed by atoms with Crippen LogP contribution in [0.25, 0.3) is 22.4 Å². The summed E-state index contributed by atoms with van der Waals surface area (Å²) in [6.07, 6.45) is 0. The molecule has 3 aromatic carbocycles. The molecule has 33 heavy (non-hydrogen) atoms. The normalized spacial score (nSPS) is 11.0. The average molecular weight is 465 g/mol. The van der Waals surface area contributed by atoms with E-state index in [0.29, 0.717) is 22.3 Å². The van der Waals surface area contributed by atoms with Crippen LogP contribution in [-0.2, 0) is 6.54 Å². The van der Waals surface area contributed by atoms with Crippen LogP contribution in [0.3, 0.4) is 0 Å². The molecular formula is C24H21ClN4O4. The van der Waals surface area contributed by atoms with E-state index in [1.165, 1.54) is 12.1 Å². The summed E-state index contributed by atoms with van der Waals surface area (Å²) in [4.78, 5) is 28.5. The zero-order chi connectivity index (χ0) is 23.7. The lowest BCUT2D eigenvalue weighted by atomic mass is 10.1. The van der Waals surface area contributed by atoms with Gasteiger partial charge in [0.25, 0.3) is 11.6 Å². The molecule has 0 spiro atoms. The van der Waals surface area contributed by atoms with Crippen molar-refractivity contribution in [1.29, 1.82) is 0 Å². The zero-order valence-electron chi connectivity index (χ0n) is 18.0. The minimum atomic E-state index is -0.522. The Kier molecular flexibility index (Phi) is 6.13. The molecule has 0 saturated heterocycles. The second-order valence-electron chi connectivity index (χ2n) is 7.66. The fourth-order valence-electron chi connectivity index (χ4n) is 3.69. The molecule has 0 fully saturated rings. The number of benzene rings is 3. The van der Waals surface area contributed by atoms with Crippen molar-refractivity contribution >= 4 is 39.9 Å². The number of nitro benzene ring substituents is 1. The Labute approximate surface area is 194 Å². The summed E-state index contributed by atoms with van der Waals surface area (Å²) in [6.45, 7) is 3.87. The first-order chi connectivity index (χ1) is 15.8. The Morgan fingerprint density at radius 3 is 2.64 bits per heavy atom. The second kappa shape index (κ2) is 9.01. The fraction of sp³-hybridized carbons (Fsp3) is 0.167. The number of imidazole rings is 1. The van der Waals surface area contributed by atoms with E-state index >= 15 is 0 Å². The van der Waals surface area contributed by atoms with Gasteiger partial charge in [0, 0.05) is 23.9 Å². The molecule has 2 N–H and O–H groups in total. The number of carbonyl (C=O) groups excluding carboxylic acids is 1. The number of fused-ring (bicyclic) bond motifs is 1. The maximum absolute atomic E-state index is 12.9. The lowest BCUT2D eigenvalue weighted by Gasteiger charge is -2.10. The summed E-state index contributed by atoms with van der Waals surface area (Å²) >= 11 is 6.32. The van der Waals surface area contributed by atoms with Crippen molar-refractivity contribution in [3.63, 3.8) is 0 Å². The van der Waals surface area contributed by atoms with Gasteiger partial charge in [-0.3, -0.25) is 14.9 Å². The number of nitrogens with zero attached hydrogens (tertiary/aromatic N) is 3. The van der Waals surface area contributed by atoms with Crippen LogP contribution in [0, 0.1) is 24.0 Å². The molecule has 168 valence electrons. The van der Waals surface area contributed by atoms with Gasteiger partial charge in [-0.15, -0.1) is 0 Å². The van der Waals surface area contributed by atoms with E-state index in [2.05, 4.69) is 10.3 Å². The molecule has 1 amide bonds. The predicted molar refractivity (Wildman–Crippen MR) is 128 cm³/mol. The van der Waals surface area contributed by atoms with Crippen LogP contribution in [-0.4, -0.2) is 32.1 Å². The van der Waals surface area contributed by atoms with Crippen LogP contribution in [0.15, 0.2) is 54.6 Å². The molecule has 0 aliphatic heterocycles. The number of aromatic nitrogens is 2. The number of hydrogen-bond acceptors (Lipinski definition) is 5. The highest BCUT2D eigenvalue weighted by Gasteiger charge is 2.24. The van der Waals surface area contributed by atoms with Gasteiger partial charge in [0.2, 0.25) is 0 Å². The second-order valence-corrected chi connectivity index (χ2v) is 8.07. The van der Waals surface area contributed by atoms with Crippen LogP contribution >= 0.6 is 11.6 Å². The number of nitro groups is 1. The molecule has 0 radical (unpaired) electrons. The Morgan fingerprint density at radius 1 is 1.15 bits per heavy atom. The van der Waals surface area contributed by atoms with E-state index in [-0.39, 0.29) is 41.2 Å². The molecule has 9 heteroatoms. The van der Waals surface area contributed by atoms with Crippen LogP contribution in [0.5, 0.6) is 0 Å². The Balaban J connectivity index is 1.80. The Hall–Kier alpha value is -3.75. The summed E-state index contributed by atoms with van der Waals surface area (Å²) in [6, 6.07) is 15.0. The van der Waals surface area contributed by atoms with Crippen molar-refractivity contribution in [2.45, 2.75) is 20.4 Å². The number of aliphatic hydroxyl groups excluding tert-OH is 1. The number of halogens is 1. The highest BCUT2D eigenvalue weighted by atomic mass is 35.5. The van der Waals surface area contributed by atoms with Gasteiger partial charge in [0.05, 0.1) is 27.6 Å². The number of aliphatic hydroxyl groups is 1. The Morgan fingerprint density at radius 2 is 1.94 bits per heavy atom. The van der Waals surface area contributed by atoms with Gasteiger partial charge >= 0.3 is 0 Å². The third-order valence-electron chi connectivity index (χ3n) is 5.51. The fourth-order valence-corrected chi connectivity index (χ4v) is 3.94. The van der Waals surface area contributed by atoms with Gasteiger partial charge in [-0.2, -0.15) is 0 Å². The molecule has 0 aliphatic carbocycles. The van der Waals surface area contributed by atoms with Crippen LogP contribution < -0.4 is 5.32 Å². The topological polar surface area (TPSA) is 110 Å². The molecule has 0 aliphatic rings. The molecule has 4 rings (SSSR count). The summed E-state index contributed by atoms with van der Waals surface area (Å²) < 4.78 is 1.64. The van der Waals surface area contributed by atoms with Crippen LogP contribution in [0.4, 0.5) is 11.4 Å². The lowest BCUT2D eigenvalue weighted by Crippen LogP contribution is -2.12. The minimum absolute atomic E-state index is 0.121. The molecule has 8 nitrogen and oxygen atoms in total. The van der Waals surface area contributed by atoms with Crippen molar-refractivity contribution in [3.05, 3.63) is 86.4 Å². The lowest BCUT2D eigenvalue weighted by molar-refractivity contribution is -0.384. The predicted octanol–water partition coefficient (Wildman–Crippen LogP) is 5.13. The van der Waals surface area contributed by atoms with Gasteiger partial charge in [0.15, 0.2) is 0 Å². The van der Waals surface area contributed by atoms with Crippen molar-refractivity contribution in [2.75, 3.05) is 11.9 Å². The zero-order valence-corrected chi connectivity index (χ0v) is 18.8. The van der Waals surface area contributed by atoms with Crippen LogP contribution in [0.1, 0.15) is 21.5 Å². The smallest absolute Gasteiger partial charge is 0.281 e. The monoisotopic (exact) mass is 464 g/mol. The highest BCUT2D eigenvalue weighted by molar-refractivity contribution is 6.33. The summed E-state index contributed by atoms with van der Waals surface area (Å²) in [5, 5.41) is 24.3. The SMILES string of the molecule is Cc1ccc(NC(=O)c2ccc3nc(-c4c(Cl)cccc4[N+](=O)[O-])n(CCO)c3c2)cc1C. The van der Waals surface area contributed by atoms with Gasteiger partial charge in [-0.25, -0.2) is 4.98 Å². The van der Waals surface area contributed by atoms with E-state index in [9.17, 15) is 20.0 Å². The number of rotatable bonds is 6. The first-order valence-electron chi connectivity index (χ1n) is 10.2. The van der Waals surface area contributed by atoms with E-state index in [0.717, 1.165) is 11.1 Å². The molecule has 0 bridgehead atoms. The number of aryl methyl sites for hydroxylation is 2. The molecule has 0 atom stereocenters. The number of carbonyl (C=O) groups is 1. The van der Waals surface area contributed by atoms with Crippen molar-refractivity contribution < 1.29 is 14.8 Å². The number of hydrogen-bond donors (Lipinski definition) is 2. The Bertz CT molecular complexity index is 1400. The standard InChI is InChI=1S/C24H21ClN4O4/c1-14-6-8-17(12-15(14)2)26-24(31)16-7-9-19-21(13-16)28(10-11-30)23(27-19)22-18(25)4-3-5-20(22)29(32)33/h3-9,12-13,30H,10-11H2,1-2H3,(H,26,31). The summed E-state index contributed by atoms with van der Waals surface area (Å²) in [5.74, 6) is -0.0507. The van der Waals surface area contributed by atoms with Crippen molar-refractivity contribution in [3.8, 4) is 11.4 Å². The largest absolute Gasteiger partial charge is 0.395 e. The highest BCUT2D eigenvalue weighted by Crippen LogP contribution is 2.37. The number of amides is 1. The average Bonchev–Trinajstić information content (AvgIpc) is 3.13. The van der Waals surface area contributed by atoms with Gasteiger partial charge in [-0.05, 0) is 61.4 Å². The van der Waals surface area contributed by atoms with Gasteiger partial charge in [0.1, 0.15) is 11.4 Å². The van der Waals surface area contributed by atoms with Gasteiger partial charge < -0.3 is 15.0 Å². The molecule has 4 aromatic rings.